The number of pyridine rings is 1. The number of rotatable bonds is 5. The van der Waals surface area contributed by atoms with Crippen molar-refractivity contribution >= 4 is 16.7 Å². The van der Waals surface area contributed by atoms with E-state index in [2.05, 4.69) is 34.2 Å². The summed E-state index contributed by atoms with van der Waals surface area (Å²) in [5, 5.41) is 10.7. The van der Waals surface area contributed by atoms with Crippen molar-refractivity contribution in [2.75, 3.05) is 14.2 Å². The number of carboxylic acid groups (broad SMARTS) is 1. The van der Waals surface area contributed by atoms with Crippen molar-refractivity contribution in [3.8, 4) is 33.9 Å². The molecule has 0 saturated heterocycles. The van der Waals surface area contributed by atoms with Gasteiger partial charge in [0, 0.05) is 51.8 Å². The van der Waals surface area contributed by atoms with Crippen molar-refractivity contribution in [2.24, 2.45) is 7.05 Å². The SMILES string of the molecule is COc1cc(OC)cc(-c2cc[c-]c(-c3nccc4ccccc34)c2)c1.Cn1ccnc1C(=O)O.[Ir]. The van der Waals surface area contributed by atoms with Gasteiger partial charge in [0.05, 0.1) is 14.2 Å². The molecule has 0 aliphatic carbocycles. The van der Waals surface area contributed by atoms with E-state index in [-0.39, 0.29) is 25.9 Å². The van der Waals surface area contributed by atoms with Crippen molar-refractivity contribution < 1.29 is 39.5 Å². The molecular formula is C28H24IrN3O4-. The molecule has 8 heteroatoms. The van der Waals surface area contributed by atoms with Gasteiger partial charge in [-0.25, -0.2) is 9.78 Å². The first-order valence-electron chi connectivity index (χ1n) is 10.8. The number of carbonyl (C=O) groups is 1. The first-order chi connectivity index (χ1) is 17.0. The maximum absolute atomic E-state index is 10.2. The van der Waals surface area contributed by atoms with Gasteiger partial charge in [0.1, 0.15) is 11.5 Å². The normalized spacial score (nSPS) is 10.1. The smallest absolute Gasteiger partial charge is 0.372 e. The average molecular weight is 659 g/mol. The second kappa shape index (κ2) is 12.1. The molecule has 0 amide bonds. The summed E-state index contributed by atoms with van der Waals surface area (Å²) in [5.41, 5.74) is 3.98. The number of ether oxygens (including phenoxy) is 2. The van der Waals surface area contributed by atoms with Gasteiger partial charge in [-0.05, 0) is 40.2 Å². The van der Waals surface area contributed by atoms with Crippen LogP contribution in [0.15, 0.2) is 85.3 Å². The minimum absolute atomic E-state index is 0. The monoisotopic (exact) mass is 659 g/mol. The Morgan fingerprint density at radius 1 is 0.917 bits per heavy atom. The number of methoxy groups -OCH3 is 2. The Labute approximate surface area is 222 Å². The molecule has 0 saturated carbocycles. The van der Waals surface area contributed by atoms with Crippen LogP contribution in [0.3, 0.4) is 0 Å². The zero-order valence-corrected chi connectivity index (χ0v) is 22.3. The molecule has 0 atom stereocenters. The Kier molecular flexibility index (Phi) is 8.95. The van der Waals surface area contributed by atoms with Gasteiger partial charge in [-0.3, -0.25) is 0 Å². The topological polar surface area (TPSA) is 86.5 Å². The number of hydrogen-bond donors (Lipinski definition) is 1. The molecule has 36 heavy (non-hydrogen) atoms. The number of aromatic nitrogens is 3. The number of fused-ring (bicyclic) bond motifs is 1. The van der Waals surface area contributed by atoms with Crippen LogP contribution in [0.2, 0.25) is 0 Å². The first-order valence-corrected chi connectivity index (χ1v) is 10.8. The Morgan fingerprint density at radius 3 is 2.25 bits per heavy atom. The summed E-state index contributed by atoms with van der Waals surface area (Å²) in [7, 11) is 4.95. The predicted molar refractivity (Wildman–Crippen MR) is 135 cm³/mol. The van der Waals surface area contributed by atoms with Gasteiger partial charge < -0.3 is 24.1 Å². The molecule has 0 spiro atoms. The third kappa shape index (κ3) is 5.97. The zero-order chi connectivity index (χ0) is 24.8. The van der Waals surface area contributed by atoms with Gasteiger partial charge in [-0.1, -0.05) is 24.3 Å². The van der Waals surface area contributed by atoms with Crippen LogP contribution < -0.4 is 9.47 Å². The molecule has 2 heterocycles. The summed E-state index contributed by atoms with van der Waals surface area (Å²) in [4.78, 5) is 18.4. The van der Waals surface area contributed by atoms with Crippen LogP contribution in [-0.4, -0.2) is 39.8 Å². The summed E-state index contributed by atoms with van der Waals surface area (Å²) in [6.07, 6.45) is 4.87. The average Bonchev–Trinajstić information content (AvgIpc) is 3.34. The van der Waals surface area contributed by atoms with E-state index >= 15 is 0 Å². The molecule has 0 bridgehead atoms. The van der Waals surface area contributed by atoms with Gasteiger partial charge in [0.2, 0.25) is 5.82 Å². The van der Waals surface area contributed by atoms with E-state index in [0.29, 0.717) is 0 Å². The van der Waals surface area contributed by atoms with Gasteiger partial charge in [-0.15, -0.1) is 35.4 Å². The van der Waals surface area contributed by atoms with Crippen LogP contribution in [0.5, 0.6) is 11.5 Å². The fourth-order valence-corrected chi connectivity index (χ4v) is 3.66. The fourth-order valence-electron chi connectivity index (χ4n) is 3.66. The van der Waals surface area contributed by atoms with E-state index < -0.39 is 5.97 Å². The third-order valence-corrected chi connectivity index (χ3v) is 5.43. The van der Waals surface area contributed by atoms with Crippen molar-refractivity contribution in [1.82, 2.24) is 14.5 Å². The second-order valence-corrected chi connectivity index (χ2v) is 7.64. The van der Waals surface area contributed by atoms with E-state index in [1.807, 2.05) is 54.7 Å². The molecule has 7 nitrogen and oxygen atoms in total. The molecular weight excluding hydrogens is 635 g/mol. The zero-order valence-electron chi connectivity index (χ0n) is 19.9. The van der Waals surface area contributed by atoms with Crippen LogP contribution in [0, 0.1) is 6.07 Å². The van der Waals surface area contributed by atoms with Crippen molar-refractivity contribution in [1.29, 1.82) is 0 Å². The summed E-state index contributed by atoms with van der Waals surface area (Å²) in [5.74, 6) is 0.589. The van der Waals surface area contributed by atoms with Gasteiger partial charge in [-0.2, -0.15) is 0 Å². The maximum Gasteiger partial charge on any atom is 0.372 e. The van der Waals surface area contributed by atoms with Crippen LogP contribution in [-0.2, 0) is 27.2 Å². The molecule has 5 rings (SSSR count). The van der Waals surface area contributed by atoms with E-state index in [4.69, 9.17) is 14.6 Å². The summed E-state index contributed by atoms with van der Waals surface area (Å²) in [6, 6.07) is 25.5. The van der Waals surface area contributed by atoms with E-state index in [9.17, 15) is 4.79 Å². The van der Waals surface area contributed by atoms with E-state index in [1.165, 1.54) is 16.2 Å². The van der Waals surface area contributed by atoms with Gasteiger partial charge in [0.25, 0.3) is 0 Å². The Morgan fingerprint density at radius 2 is 1.64 bits per heavy atom. The number of hydrogen-bond acceptors (Lipinski definition) is 5. The van der Waals surface area contributed by atoms with Crippen LogP contribution in [0.1, 0.15) is 10.6 Å². The van der Waals surface area contributed by atoms with Crippen molar-refractivity contribution in [2.45, 2.75) is 0 Å². The molecule has 0 aliphatic heterocycles. The summed E-state index contributed by atoms with van der Waals surface area (Å²) < 4.78 is 12.2. The van der Waals surface area contributed by atoms with Gasteiger partial charge in [0.15, 0.2) is 0 Å². The maximum atomic E-state index is 10.2. The van der Waals surface area contributed by atoms with Crippen LogP contribution >= 0.6 is 0 Å². The Bertz CT molecular complexity index is 1460. The number of imidazole rings is 1. The van der Waals surface area contributed by atoms with Crippen molar-refractivity contribution in [3.63, 3.8) is 0 Å². The molecule has 185 valence electrons. The molecule has 2 aromatic heterocycles. The summed E-state index contributed by atoms with van der Waals surface area (Å²) in [6.45, 7) is 0. The molecule has 1 radical (unpaired) electrons. The van der Waals surface area contributed by atoms with E-state index in [1.54, 1.807) is 27.5 Å². The first kappa shape index (κ1) is 26.6. The third-order valence-electron chi connectivity index (χ3n) is 5.43. The number of aromatic carboxylic acids is 1. The number of aryl methyl sites for hydroxylation is 1. The number of benzene rings is 3. The van der Waals surface area contributed by atoms with Crippen LogP contribution in [0.4, 0.5) is 0 Å². The van der Waals surface area contributed by atoms with Crippen LogP contribution in [0.25, 0.3) is 33.2 Å². The Balaban J connectivity index is 0.000000307. The molecule has 0 unspecified atom stereocenters. The quantitative estimate of drug-likeness (QED) is 0.251. The number of nitrogens with zero attached hydrogens (tertiary/aromatic N) is 3. The largest absolute Gasteiger partial charge is 0.497 e. The van der Waals surface area contributed by atoms with E-state index in [0.717, 1.165) is 39.3 Å². The Hall–Kier alpha value is -4.00. The fraction of sp³-hybridized carbons (Fsp3) is 0.107. The molecule has 3 aromatic carbocycles. The van der Waals surface area contributed by atoms with Crippen molar-refractivity contribution in [3.05, 3.63) is 97.2 Å². The standard InChI is InChI=1S/C23H18NO2.C5H6N2O2.Ir/c1-25-20-13-19(14-21(15-20)26-2)17-7-5-8-18(12-17)23-22-9-4-3-6-16(22)10-11-24-23;1-7-3-2-6-4(7)5(8)9;/h3-7,9-15H,1-2H3;2-3H,1H3,(H,8,9);/q-1;;. The van der Waals surface area contributed by atoms with Gasteiger partial charge >= 0.3 is 5.97 Å². The molecule has 0 aliphatic rings. The predicted octanol–water partition coefficient (Wildman–Crippen LogP) is 5.50. The minimum Gasteiger partial charge on any atom is -0.497 e. The molecule has 0 fully saturated rings. The molecule has 5 aromatic rings. The minimum atomic E-state index is -0.998. The number of carboxylic acids is 1. The summed E-state index contributed by atoms with van der Waals surface area (Å²) >= 11 is 0. The second-order valence-electron chi connectivity index (χ2n) is 7.64. The molecule has 1 N–H and O–H groups in total.